The third kappa shape index (κ3) is 3.98. The minimum Gasteiger partial charge on any atom is -0.423 e. The number of benzene rings is 2. The maximum Gasteiger partial charge on any atom is 0.336 e. The second kappa shape index (κ2) is 7.25. The van der Waals surface area contributed by atoms with Gasteiger partial charge < -0.3 is 4.74 Å². The molecule has 0 fully saturated rings. The van der Waals surface area contributed by atoms with E-state index in [1.807, 2.05) is 0 Å². The molecule has 0 spiro atoms. The fourth-order valence-electron chi connectivity index (χ4n) is 1.88. The Bertz CT molecular complexity index is 878. The van der Waals surface area contributed by atoms with Gasteiger partial charge >= 0.3 is 5.97 Å². The molecule has 0 aliphatic rings. The van der Waals surface area contributed by atoms with Gasteiger partial charge in [0.05, 0.1) is 15.7 Å². The quantitative estimate of drug-likeness (QED) is 0.404. The summed E-state index contributed by atoms with van der Waals surface area (Å²) in [4.78, 5) is 11.8. The van der Waals surface area contributed by atoms with Crippen molar-refractivity contribution >= 4 is 35.2 Å². The van der Waals surface area contributed by atoms with Crippen LogP contribution in [0.4, 0.5) is 0 Å². The van der Waals surface area contributed by atoms with Gasteiger partial charge in [0.25, 0.3) is 0 Å². The van der Waals surface area contributed by atoms with Gasteiger partial charge in [-0.3, -0.25) is 0 Å². The standard InChI is InChI=1S/C16H10Cl2N4O2/c17-14-7-1-11(9-15(14)18)2-8-16(23)24-13-5-3-12(4-6-13)22-10-19-20-21-22/h1-10H/b8-2+. The molecule has 1 aromatic heterocycles. The monoisotopic (exact) mass is 360 g/mol. The van der Waals surface area contributed by atoms with Gasteiger partial charge in [0.15, 0.2) is 0 Å². The number of hydrogen-bond acceptors (Lipinski definition) is 5. The highest BCUT2D eigenvalue weighted by atomic mass is 35.5. The first-order valence-corrected chi connectivity index (χ1v) is 7.56. The number of nitrogens with zero attached hydrogens (tertiary/aromatic N) is 4. The van der Waals surface area contributed by atoms with E-state index in [0.717, 1.165) is 11.3 Å². The highest BCUT2D eigenvalue weighted by molar-refractivity contribution is 6.42. The van der Waals surface area contributed by atoms with Gasteiger partial charge in [-0.15, -0.1) is 5.10 Å². The Morgan fingerprint density at radius 2 is 1.88 bits per heavy atom. The van der Waals surface area contributed by atoms with Gasteiger partial charge in [0, 0.05) is 6.08 Å². The number of esters is 1. The number of ether oxygens (including phenoxy) is 1. The van der Waals surface area contributed by atoms with Crippen LogP contribution in [0, 0.1) is 0 Å². The Kier molecular flexibility index (Phi) is 4.88. The Balaban J connectivity index is 1.64. The van der Waals surface area contributed by atoms with E-state index >= 15 is 0 Å². The largest absolute Gasteiger partial charge is 0.423 e. The fourth-order valence-corrected chi connectivity index (χ4v) is 2.18. The molecule has 0 aliphatic carbocycles. The smallest absolute Gasteiger partial charge is 0.336 e. The summed E-state index contributed by atoms with van der Waals surface area (Å²) in [6.45, 7) is 0. The number of hydrogen-bond donors (Lipinski definition) is 0. The highest BCUT2D eigenvalue weighted by Crippen LogP contribution is 2.23. The first kappa shape index (κ1) is 16.2. The molecule has 0 radical (unpaired) electrons. The van der Waals surface area contributed by atoms with E-state index in [1.165, 1.54) is 17.1 Å². The normalized spacial score (nSPS) is 10.9. The van der Waals surface area contributed by atoms with Gasteiger partial charge in [0.1, 0.15) is 12.1 Å². The summed E-state index contributed by atoms with van der Waals surface area (Å²) in [5.41, 5.74) is 1.50. The molecule has 3 aromatic rings. The highest BCUT2D eigenvalue weighted by Gasteiger charge is 2.03. The van der Waals surface area contributed by atoms with Crippen LogP contribution < -0.4 is 4.74 Å². The van der Waals surface area contributed by atoms with Crippen molar-refractivity contribution in [1.82, 2.24) is 20.2 Å². The number of halogens is 2. The lowest BCUT2D eigenvalue weighted by molar-refractivity contribution is -0.128. The zero-order valence-corrected chi connectivity index (χ0v) is 13.6. The maximum atomic E-state index is 11.8. The van der Waals surface area contributed by atoms with E-state index in [2.05, 4.69) is 15.5 Å². The Morgan fingerprint density at radius 1 is 1.08 bits per heavy atom. The van der Waals surface area contributed by atoms with Crippen LogP contribution in [0.3, 0.4) is 0 Å². The molecule has 6 nitrogen and oxygen atoms in total. The summed E-state index contributed by atoms with van der Waals surface area (Å²) < 4.78 is 6.71. The van der Waals surface area contributed by atoms with Crippen molar-refractivity contribution < 1.29 is 9.53 Å². The Hall–Kier alpha value is -2.70. The SMILES string of the molecule is O=C(/C=C/c1ccc(Cl)c(Cl)c1)Oc1ccc(-n2cnnn2)cc1. The Labute approximate surface area is 147 Å². The zero-order valence-electron chi connectivity index (χ0n) is 12.1. The van der Waals surface area contributed by atoms with Crippen LogP contribution in [0.2, 0.25) is 10.0 Å². The molecule has 3 rings (SSSR count). The summed E-state index contributed by atoms with van der Waals surface area (Å²) in [6, 6.07) is 11.9. The van der Waals surface area contributed by atoms with E-state index < -0.39 is 5.97 Å². The van der Waals surface area contributed by atoms with E-state index in [0.29, 0.717) is 15.8 Å². The lowest BCUT2D eigenvalue weighted by Gasteiger charge is -2.03. The number of carbonyl (C=O) groups is 1. The molecule has 24 heavy (non-hydrogen) atoms. The van der Waals surface area contributed by atoms with Crippen molar-refractivity contribution in [1.29, 1.82) is 0 Å². The average molecular weight is 361 g/mol. The molecule has 0 aliphatic heterocycles. The van der Waals surface area contributed by atoms with Crippen LogP contribution in [-0.4, -0.2) is 26.2 Å². The topological polar surface area (TPSA) is 69.9 Å². The van der Waals surface area contributed by atoms with E-state index in [1.54, 1.807) is 48.5 Å². The summed E-state index contributed by atoms with van der Waals surface area (Å²) >= 11 is 11.8. The zero-order chi connectivity index (χ0) is 16.9. The second-order valence-corrected chi connectivity index (χ2v) is 5.49. The summed E-state index contributed by atoms with van der Waals surface area (Å²) in [5, 5.41) is 11.8. The van der Waals surface area contributed by atoms with Crippen molar-refractivity contribution in [2.24, 2.45) is 0 Å². The number of tetrazole rings is 1. The second-order valence-electron chi connectivity index (χ2n) is 4.68. The Morgan fingerprint density at radius 3 is 2.54 bits per heavy atom. The van der Waals surface area contributed by atoms with Gasteiger partial charge in [-0.05, 0) is 58.5 Å². The van der Waals surface area contributed by atoms with Crippen LogP contribution in [-0.2, 0) is 4.79 Å². The number of aromatic nitrogens is 4. The van der Waals surface area contributed by atoms with Crippen LogP contribution in [0.1, 0.15) is 5.56 Å². The van der Waals surface area contributed by atoms with E-state index in [9.17, 15) is 4.79 Å². The molecule has 0 N–H and O–H groups in total. The molecule has 0 atom stereocenters. The number of rotatable bonds is 4. The lowest BCUT2D eigenvalue weighted by atomic mass is 10.2. The van der Waals surface area contributed by atoms with Crippen LogP contribution in [0.15, 0.2) is 54.9 Å². The predicted molar refractivity (Wildman–Crippen MR) is 90.3 cm³/mol. The summed E-state index contributed by atoms with van der Waals surface area (Å²) in [6.07, 6.45) is 4.38. The summed E-state index contributed by atoms with van der Waals surface area (Å²) in [5.74, 6) is -0.0909. The molecule has 0 saturated heterocycles. The average Bonchev–Trinajstić information content (AvgIpc) is 3.11. The molecule has 0 amide bonds. The van der Waals surface area contributed by atoms with E-state index in [-0.39, 0.29) is 0 Å². The van der Waals surface area contributed by atoms with Crippen molar-refractivity contribution in [3.63, 3.8) is 0 Å². The van der Waals surface area contributed by atoms with Crippen LogP contribution >= 0.6 is 23.2 Å². The van der Waals surface area contributed by atoms with Gasteiger partial charge in [-0.2, -0.15) is 0 Å². The molecule has 0 unspecified atom stereocenters. The molecule has 0 bridgehead atoms. The lowest BCUT2D eigenvalue weighted by Crippen LogP contribution is -2.04. The molecular formula is C16H10Cl2N4O2. The van der Waals surface area contributed by atoms with Crippen molar-refractivity contribution in [2.75, 3.05) is 0 Å². The summed E-state index contributed by atoms with van der Waals surface area (Å²) in [7, 11) is 0. The first-order valence-electron chi connectivity index (χ1n) is 6.80. The predicted octanol–water partition coefficient (Wildman–Crippen LogP) is 3.59. The van der Waals surface area contributed by atoms with Crippen LogP contribution in [0.5, 0.6) is 5.75 Å². The first-order chi connectivity index (χ1) is 11.6. The van der Waals surface area contributed by atoms with Gasteiger partial charge in [0.2, 0.25) is 0 Å². The molecule has 2 aromatic carbocycles. The fraction of sp³-hybridized carbons (Fsp3) is 0. The van der Waals surface area contributed by atoms with E-state index in [4.69, 9.17) is 27.9 Å². The number of carbonyl (C=O) groups excluding carboxylic acids is 1. The third-order valence-corrected chi connectivity index (χ3v) is 3.76. The minimum atomic E-state index is -0.503. The molecule has 8 heteroatoms. The third-order valence-electron chi connectivity index (χ3n) is 3.02. The van der Waals surface area contributed by atoms with Crippen LogP contribution in [0.25, 0.3) is 11.8 Å². The minimum absolute atomic E-state index is 0.413. The van der Waals surface area contributed by atoms with Crippen molar-refractivity contribution in [3.05, 3.63) is 70.5 Å². The van der Waals surface area contributed by atoms with Crippen molar-refractivity contribution in [2.45, 2.75) is 0 Å². The maximum absolute atomic E-state index is 11.8. The molecular weight excluding hydrogens is 351 g/mol. The molecule has 0 saturated carbocycles. The van der Waals surface area contributed by atoms with Gasteiger partial charge in [-0.25, -0.2) is 9.48 Å². The molecule has 1 heterocycles. The van der Waals surface area contributed by atoms with Gasteiger partial charge in [-0.1, -0.05) is 29.3 Å². The molecule has 120 valence electrons. The van der Waals surface area contributed by atoms with Crippen molar-refractivity contribution in [3.8, 4) is 11.4 Å².